The second kappa shape index (κ2) is 3.10. The molecule has 2 saturated heterocycles. The first-order valence-electron chi connectivity index (χ1n) is 4.48. The van der Waals surface area contributed by atoms with E-state index in [9.17, 15) is 9.59 Å². The zero-order chi connectivity index (χ0) is 9.42. The van der Waals surface area contributed by atoms with E-state index in [0.717, 1.165) is 12.8 Å². The summed E-state index contributed by atoms with van der Waals surface area (Å²) < 4.78 is 10.1. The minimum atomic E-state index is -0.663. The number of hydrogen-bond donors (Lipinski definition) is 0. The summed E-state index contributed by atoms with van der Waals surface area (Å²) in [7, 11) is 1.30. The summed E-state index contributed by atoms with van der Waals surface area (Å²) in [5.74, 6) is -1.13. The Balaban J connectivity index is 2.16. The molecule has 4 heteroatoms. The van der Waals surface area contributed by atoms with Crippen LogP contribution in [-0.4, -0.2) is 31.1 Å². The normalized spacial score (nSPS) is 37.6. The monoisotopic (exact) mass is 184 g/mol. The molecule has 2 fully saturated rings. The number of esters is 1. The van der Waals surface area contributed by atoms with Crippen LogP contribution in [0.15, 0.2) is 0 Å². The Morgan fingerprint density at radius 1 is 1.54 bits per heavy atom. The van der Waals surface area contributed by atoms with Crippen LogP contribution in [0.5, 0.6) is 0 Å². The van der Waals surface area contributed by atoms with Gasteiger partial charge in [-0.25, -0.2) is 0 Å². The maximum absolute atomic E-state index is 11.5. The van der Waals surface area contributed by atoms with Gasteiger partial charge in [-0.05, 0) is 12.8 Å². The molecule has 0 saturated carbocycles. The molecule has 0 amide bonds. The summed E-state index contributed by atoms with van der Waals surface area (Å²) in [6, 6.07) is 0. The van der Waals surface area contributed by atoms with Crippen LogP contribution in [0.3, 0.4) is 0 Å². The molecule has 0 aromatic rings. The molecule has 0 aliphatic carbocycles. The van der Waals surface area contributed by atoms with E-state index >= 15 is 0 Å². The van der Waals surface area contributed by atoms with Crippen LogP contribution in [0.4, 0.5) is 0 Å². The van der Waals surface area contributed by atoms with Crippen molar-refractivity contribution in [2.24, 2.45) is 5.92 Å². The lowest BCUT2D eigenvalue weighted by Gasteiger charge is -2.25. The van der Waals surface area contributed by atoms with Crippen molar-refractivity contribution in [3.8, 4) is 0 Å². The minimum Gasteiger partial charge on any atom is -0.468 e. The molecule has 0 spiro atoms. The Morgan fingerprint density at radius 3 is 3.00 bits per heavy atom. The van der Waals surface area contributed by atoms with Gasteiger partial charge in [-0.15, -0.1) is 0 Å². The van der Waals surface area contributed by atoms with Crippen molar-refractivity contribution in [1.82, 2.24) is 0 Å². The summed E-state index contributed by atoms with van der Waals surface area (Å²) in [6.45, 7) is 0. The second-order valence-corrected chi connectivity index (χ2v) is 3.55. The van der Waals surface area contributed by atoms with E-state index in [1.165, 1.54) is 7.11 Å². The molecule has 2 bridgehead atoms. The van der Waals surface area contributed by atoms with Crippen molar-refractivity contribution in [2.45, 2.75) is 31.5 Å². The minimum absolute atomic E-state index is 0.0226. The van der Waals surface area contributed by atoms with E-state index in [2.05, 4.69) is 4.74 Å². The molecule has 13 heavy (non-hydrogen) atoms. The zero-order valence-electron chi connectivity index (χ0n) is 7.49. The number of carbonyl (C=O) groups is 2. The largest absolute Gasteiger partial charge is 0.468 e. The topological polar surface area (TPSA) is 52.6 Å². The molecule has 2 rings (SSSR count). The molecule has 0 unspecified atom stereocenters. The molecule has 0 radical (unpaired) electrons. The Kier molecular flexibility index (Phi) is 2.07. The Bertz CT molecular complexity index is 248. The van der Waals surface area contributed by atoms with Gasteiger partial charge in [0.2, 0.25) is 0 Å². The van der Waals surface area contributed by atoms with Crippen LogP contribution in [0.2, 0.25) is 0 Å². The lowest BCUT2D eigenvalue weighted by atomic mass is 9.94. The highest BCUT2D eigenvalue weighted by Gasteiger charge is 2.46. The van der Waals surface area contributed by atoms with Crippen LogP contribution >= 0.6 is 0 Å². The highest BCUT2D eigenvalue weighted by atomic mass is 16.5. The number of Topliss-reactive ketones (excluding diaryl/α,β-unsaturated/α-hetero) is 1. The number of hydrogen-bond acceptors (Lipinski definition) is 4. The maximum atomic E-state index is 11.5. The van der Waals surface area contributed by atoms with Gasteiger partial charge in [-0.1, -0.05) is 0 Å². The maximum Gasteiger partial charge on any atom is 0.318 e. The van der Waals surface area contributed by atoms with Crippen LogP contribution in [0.1, 0.15) is 19.3 Å². The van der Waals surface area contributed by atoms with Crippen molar-refractivity contribution >= 4 is 11.8 Å². The standard InChI is InChI=1S/C9H12O4/c1-12-9(11)8-6(10)4-5-2-3-7(8)13-5/h5,7-8H,2-4H2,1H3/t5-,7+,8-/m0/s1. The van der Waals surface area contributed by atoms with Crippen molar-refractivity contribution in [1.29, 1.82) is 0 Å². The van der Waals surface area contributed by atoms with E-state index in [1.807, 2.05) is 0 Å². The van der Waals surface area contributed by atoms with Crippen LogP contribution in [0, 0.1) is 5.92 Å². The smallest absolute Gasteiger partial charge is 0.318 e. The van der Waals surface area contributed by atoms with Crippen LogP contribution in [0.25, 0.3) is 0 Å². The lowest BCUT2D eigenvalue weighted by molar-refractivity contribution is -0.161. The number of carbonyl (C=O) groups excluding carboxylic acids is 2. The van der Waals surface area contributed by atoms with E-state index in [1.54, 1.807) is 0 Å². The molecule has 0 aromatic heterocycles. The molecule has 4 nitrogen and oxygen atoms in total. The first-order chi connectivity index (χ1) is 6.22. The van der Waals surface area contributed by atoms with Gasteiger partial charge in [0.15, 0.2) is 5.78 Å². The Morgan fingerprint density at radius 2 is 2.31 bits per heavy atom. The molecular formula is C9H12O4. The van der Waals surface area contributed by atoms with Crippen molar-refractivity contribution in [2.75, 3.05) is 7.11 Å². The summed E-state index contributed by atoms with van der Waals surface area (Å²) >= 11 is 0. The molecule has 2 aliphatic heterocycles. The summed E-state index contributed by atoms with van der Waals surface area (Å²) in [4.78, 5) is 22.7. The van der Waals surface area contributed by atoms with Gasteiger partial charge >= 0.3 is 5.97 Å². The molecule has 2 heterocycles. The predicted octanol–water partition coefficient (Wildman–Crippen LogP) is 0.296. The average molecular weight is 184 g/mol. The van der Waals surface area contributed by atoms with Gasteiger partial charge in [0.05, 0.1) is 19.3 Å². The fraction of sp³-hybridized carbons (Fsp3) is 0.778. The van der Waals surface area contributed by atoms with Crippen molar-refractivity contribution in [3.63, 3.8) is 0 Å². The van der Waals surface area contributed by atoms with Gasteiger partial charge in [-0.2, -0.15) is 0 Å². The molecule has 2 aliphatic rings. The SMILES string of the molecule is COC(=O)[C@H]1C(=O)C[C@@H]2CC[C@H]1O2. The molecule has 3 atom stereocenters. The van der Waals surface area contributed by atoms with Crippen molar-refractivity contribution < 1.29 is 19.1 Å². The molecular weight excluding hydrogens is 172 g/mol. The van der Waals surface area contributed by atoms with Crippen molar-refractivity contribution in [3.05, 3.63) is 0 Å². The van der Waals surface area contributed by atoms with Crippen LogP contribution in [-0.2, 0) is 19.1 Å². The van der Waals surface area contributed by atoms with Crippen LogP contribution < -0.4 is 0 Å². The number of ether oxygens (including phenoxy) is 2. The Hall–Kier alpha value is -0.900. The first kappa shape index (κ1) is 8.69. The van der Waals surface area contributed by atoms with Gasteiger partial charge < -0.3 is 9.47 Å². The summed E-state index contributed by atoms with van der Waals surface area (Å²) in [5, 5.41) is 0. The number of fused-ring (bicyclic) bond motifs is 2. The number of ketones is 1. The van der Waals surface area contributed by atoms with Gasteiger partial charge in [0, 0.05) is 6.42 Å². The van der Waals surface area contributed by atoms with Gasteiger partial charge in [-0.3, -0.25) is 9.59 Å². The third-order valence-electron chi connectivity index (χ3n) is 2.74. The fourth-order valence-electron chi connectivity index (χ4n) is 2.10. The van der Waals surface area contributed by atoms with E-state index in [-0.39, 0.29) is 18.0 Å². The fourth-order valence-corrected chi connectivity index (χ4v) is 2.10. The summed E-state index contributed by atoms with van der Waals surface area (Å²) in [5.41, 5.74) is 0. The highest BCUT2D eigenvalue weighted by Crippen LogP contribution is 2.34. The third-order valence-corrected chi connectivity index (χ3v) is 2.74. The number of methoxy groups -OCH3 is 1. The van der Waals surface area contributed by atoms with E-state index in [0.29, 0.717) is 6.42 Å². The summed E-state index contributed by atoms with van der Waals surface area (Å²) in [6.07, 6.45) is 1.90. The zero-order valence-corrected chi connectivity index (χ0v) is 7.49. The number of rotatable bonds is 1. The third kappa shape index (κ3) is 1.35. The quantitative estimate of drug-likeness (QED) is 0.434. The van der Waals surface area contributed by atoms with Gasteiger partial charge in [0.1, 0.15) is 5.92 Å². The van der Waals surface area contributed by atoms with E-state index in [4.69, 9.17) is 4.74 Å². The highest BCUT2D eigenvalue weighted by molar-refractivity contribution is 6.00. The second-order valence-electron chi connectivity index (χ2n) is 3.55. The molecule has 0 aromatic carbocycles. The molecule has 0 N–H and O–H groups in total. The van der Waals surface area contributed by atoms with E-state index < -0.39 is 11.9 Å². The first-order valence-corrected chi connectivity index (χ1v) is 4.48. The predicted molar refractivity (Wildman–Crippen MR) is 43.0 cm³/mol. The van der Waals surface area contributed by atoms with Gasteiger partial charge in [0.25, 0.3) is 0 Å². The lowest BCUT2D eigenvalue weighted by Crippen LogP contribution is -2.41. The Labute approximate surface area is 76.2 Å². The average Bonchev–Trinajstić information content (AvgIpc) is 2.48. The molecule has 72 valence electrons.